The van der Waals surface area contributed by atoms with Crippen LogP contribution < -0.4 is 18.9 Å². The molecule has 6 nitrogen and oxygen atoms in total. The first-order chi connectivity index (χ1) is 14.1. The van der Waals surface area contributed by atoms with E-state index < -0.39 is 0 Å². The molecule has 154 valence electrons. The Labute approximate surface area is 171 Å². The quantitative estimate of drug-likeness (QED) is 0.771. The lowest BCUT2D eigenvalue weighted by Gasteiger charge is -2.32. The van der Waals surface area contributed by atoms with Crippen LogP contribution in [-0.4, -0.2) is 45.3 Å². The monoisotopic (exact) mass is 397 g/mol. The first-order valence-electron chi connectivity index (χ1n) is 9.96. The molecule has 0 saturated carbocycles. The van der Waals surface area contributed by atoms with Gasteiger partial charge in [-0.2, -0.15) is 0 Å². The summed E-state index contributed by atoms with van der Waals surface area (Å²) in [4.78, 5) is 15.4. The SMILES string of the molecule is COc1ccc2c(c1)C[C@H](C(=O)N1CCC[C@H]1c1ccc(OC)cc1OC)CO2. The minimum atomic E-state index is -0.195. The number of hydrogen-bond acceptors (Lipinski definition) is 5. The topological polar surface area (TPSA) is 57.2 Å². The number of rotatable bonds is 5. The van der Waals surface area contributed by atoms with E-state index in [1.807, 2.05) is 41.3 Å². The highest BCUT2D eigenvalue weighted by Crippen LogP contribution is 2.40. The zero-order valence-corrected chi connectivity index (χ0v) is 17.1. The molecule has 0 spiro atoms. The molecule has 2 aliphatic rings. The molecule has 0 N–H and O–H groups in total. The molecule has 0 aliphatic carbocycles. The van der Waals surface area contributed by atoms with Crippen LogP contribution in [0.5, 0.6) is 23.0 Å². The normalized spacial score (nSPS) is 20.6. The Bertz CT molecular complexity index is 897. The average Bonchev–Trinajstić information content (AvgIpc) is 3.26. The Balaban J connectivity index is 1.55. The van der Waals surface area contributed by atoms with E-state index in [0.29, 0.717) is 13.0 Å². The predicted molar refractivity (Wildman–Crippen MR) is 109 cm³/mol. The zero-order chi connectivity index (χ0) is 20.4. The van der Waals surface area contributed by atoms with E-state index in [2.05, 4.69) is 0 Å². The second-order valence-corrected chi connectivity index (χ2v) is 7.48. The van der Waals surface area contributed by atoms with Gasteiger partial charge in [-0.1, -0.05) is 0 Å². The third kappa shape index (κ3) is 3.71. The van der Waals surface area contributed by atoms with Gasteiger partial charge in [0.15, 0.2) is 0 Å². The smallest absolute Gasteiger partial charge is 0.229 e. The summed E-state index contributed by atoms with van der Waals surface area (Å²) >= 11 is 0. The molecule has 29 heavy (non-hydrogen) atoms. The van der Waals surface area contributed by atoms with Crippen LogP contribution in [0.1, 0.15) is 30.0 Å². The van der Waals surface area contributed by atoms with Crippen LogP contribution in [0.3, 0.4) is 0 Å². The summed E-state index contributed by atoms with van der Waals surface area (Å²) in [6.45, 7) is 1.15. The molecular weight excluding hydrogens is 370 g/mol. The lowest BCUT2D eigenvalue weighted by atomic mass is 9.94. The zero-order valence-electron chi connectivity index (χ0n) is 17.1. The van der Waals surface area contributed by atoms with Crippen LogP contribution in [-0.2, 0) is 11.2 Å². The van der Waals surface area contributed by atoms with Crippen LogP contribution in [0.2, 0.25) is 0 Å². The Hall–Kier alpha value is -2.89. The number of benzene rings is 2. The van der Waals surface area contributed by atoms with Crippen molar-refractivity contribution in [3.8, 4) is 23.0 Å². The number of carbonyl (C=O) groups excluding carboxylic acids is 1. The first kappa shape index (κ1) is 19.4. The minimum absolute atomic E-state index is 0.00932. The number of likely N-dealkylation sites (tertiary alicyclic amines) is 1. The Kier molecular flexibility index (Phi) is 5.51. The second kappa shape index (κ2) is 8.23. The summed E-state index contributed by atoms with van der Waals surface area (Å²) in [5, 5.41) is 0. The highest BCUT2D eigenvalue weighted by Gasteiger charge is 2.37. The van der Waals surface area contributed by atoms with Crippen LogP contribution in [0.15, 0.2) is 36.4 Å². The van der Waals surface area contributed by atoms with Crippen molar-refractivity contribution in [2.75, 3.05) is 34.5 Å². The standard InChI is InChI=1S/C23H27NO5/c1-26-17-7-9-21-15(12-17)11-16(14-29-21)23(25)24-10-4-5-20(24)19-8-6-18(27-2)13-22(19)28-3/h6-9,12-13,16,20H,4-5,10-11,14H2,1-3H3/t16-,20-/m0/s1. The van der Waals surface area contributed by atoms with Crippen molar-refractivity contribution in [1.82, 2.24) is 4.90 Å². The molecule has 0 unspecified atom stereocenters. The van der Waals surface area contributed by atoms with Gasteiger partial charge in [0.2, 0.25) is 5.91 Å². The molecule has 1 amide bonds. The lowest BCUT2D eigenvalue weighted by Crippen LogP contribution is -2.40. The number of hydrogen-bond donors (Lipinski definition) is 0. The van der Waals surface area contributed by atoms with E-state index in [-0.39, 0.29) is 17.9 Å². The van der Waals surface area contributed by atoms with Crippen molar-refractivity contribution in [3.63, 3.8) is 0 Å². The average molecular weight is 397 g/mol. The van der Waals surface area contributed by atoms with Crippen molar-refractivity contribution >= 4 is 5.91 Å². The van der Waals surface area contributed by atoms with Gasteiger partial charge in [-0.25, -0.2) is 0 Å². The molecule has 2 aliphatic heterocycles. The van der Waals surface area contributed by atoms with Gasteiger partial charge in [0.05, 0.1) is 33.3 Å². The Morgan fingerprint density at radius 2 is 1.79 bits per heavy atom. The fourth-order valence-electron chi connectivity index (χ4n) is 4.34. The molecule has 0 aromatic heterocycles. The molecular formula is C23H27NO5. The van der Waals surface area contributed by atoms with Gasteiger partial charge >= 0.3 is 0 Å². The third-order valence-corrected chi connectivity index (χ3v) is 5.86. The van der Waals surface area contributed by atoms with Crippen molar-refractivity contribution < 1.29 is 23.7 Å². The number of fused-ring (bicyclic) bond motifs is 1. The van der Waals surface area contributed by atoms with Crippen LogP contribution >= 0.6 is 0 Å². The number of nitrogens with zero attached hydrogens (tertiary/aromatic N) is 1. The maximum absolute atomic E-state index is 13.4. The van der Waals surface area contributed by atoms with Crippen molar-refractivity contribution in [2.24, 2.45) is 5.92 Å². The minimum Gasteiger partial charge on any atom is -0.497 e. The van der Waals surface area contributed by atoms with Crippen LogP contribution in [0.25, 0.3) is 0 Å². The summed E-state index contributed by atoms with van der Waals surface area (Å²) in [5.41, 5.74) is 2.05. The van der Waals surface area contributed by atoms with Crippen molar-refractivity contribution in [3.05, 3.63) is 47.5 Å². The Morgan fingerprint density at radius 3 is 2.55 bits per heavy atom. The summed E-state index contributed by atoms with van der Waals surface area (Å²) in [5.74, 6) is 3.06. The third-order valence-electron chi connectivity index (χ3n) is 5.86. The molecule has 0 radical (unpaired) electrons. The Morgan fingerprint density at radius 1 is 1.03 bits per heavy atom. The van der Waals surface area contributed by atoms with E-state index in [1.165, 1.54) is 0 Å². The molecule has 2 aromatic carbocycles. The summed E-state index contributed by atoms with van der Waals surface area (Å²) in [6, 6.07) is 11.6. The van der Waals surface area contributed by atoms with Gasteiger partial charge in [0, 0.05) is 18.2 Å². The second-order valence-electron chi connectivity index (χ2n) is 7.48. The fourth-order valence-corrected chi connectivity index (χ4v) is 4.34. The number of methoxy groups -OCH3 is 3. The van der Waals surface area contributed by atoms with Gasteiger partial charge in [-0.15, -0.1) is 0 Å². The predicted octanol–water partition coefficient (Wildman–Crippen LogP) is 3.63. The largest absolute Gasteiger partial charge is 0.497 e. The molecule has 2 heterocycles. The highest BCUT2D eigenvalue weighted by molar-refractivity contribution is 5.81. The molecule has 6 heteroatoms. The van der Waals surface area contributed by atoms with E-state index in [4.69, 9.17) is 18.9 Å². The number of carbonyl (C=O) groups is 1. The van der Waals surface area contributed by atoms with E-state index in [0.717, 1.165) is 53.5 Å². The van der Waals surface area contributed by atoms with Gasteiger partial charge in [-0.3, -0.25) is 4.79 Å². The maximum Gasteiger partial charge on any atom is 0.229 e. The number of ether oxygens (including phenoxy) is 4. The molecule has 2 atom stereocenters. The fraction of sp³-hybridized carbons (Fsp3) is 0.435. The molecule has 1 fully saturated rings. The van der Waals surface area contributed by atoms with E-state index >= 15 is 0 Å². The molecule has 4 rings (SSSR count). The van der Waals surface area contributed by atoms with Gasteiger partial charge in [0.1, 0.15) is 29.6 Å². The van der Waals surface area contributed by atoms with Gasteiger partial charge in [0.25, 0.3) is 0 Å². The van der Waals surface area contributed by atoms with Crippen LogP contribution in [0, 0.1) is 5.92 Å². The van der Waals surface area contributed by atoms with E-state index in [9.17, 15) is 4.79 Å². The van der Waals surface area contributed by atoms with E-state index in [1.54, 1.807) is 21.3 Å². The number of amides is 1. The maximum atomic E-state index is 13.4. The van der Waals surface area contributed by atoms with Gasteiger partial charge < -0.3 is 23.8 Å². The highest BCUT2D eigenvalue weighted by atomic mass is 16.5. The summed E-state index contributed by atoms with van der Waals surface area (Å²) in [7, 11) is 4.93. The lowest BCUT2D eigenvalue weighted by molar-refractivity contribution is -0.137. The molecule has 0 bridgehead atoms. The first-order valence-corrected chi connectivity index (χ1v) is 9.96. The molecule has 2 aromatic rings. The van der Waals surface area contributed by atoms with Crippen molar-refractivity contribution in [2.45, 2.75) is 25.3 Å². The van der Waals surface area contributed by atoms with Crippen LogP contribution in [0.4, 0.5) is 0 Å². The summed E-state index contributed by atoms with van der Waals surface area (Å²) < 4.78 is 22.1. The molecule has 1 saturated heterocycles. The van der Waals surface area contributed by atoms with Crippen molar-refractivity contribution in [1.29, 1.82) is 0 Å². The van der Waals surface area contributed by atoms with Gasteiger partial charge in [-0.05, 0) is 55.2 Å². The summed E-state index contributed by atoms with van der Waals surface area (Å²) in [6.07, 6.45) is 2.56.